The zero-order chi connectivity index (χ0) is 15.8. The molecule has 0 saturated carbocycles. The summed E-state index contributed by atoms with van der Waals surface area (Å²) in [7, 11) is 1.53. The molecule has 7 heteroatoms. The summed E-state index contributed by atoms with van der Waals surface area (Å²) in [5, 5.41) is 10.9. The van der Waals surface area contributed by atoms with Gasteiger partial charge in [0.05, 0.1) is 6.54 Å². The van der Waals surface area contributed by atoms with Gasteiger partial charge in [-0.25, -0.2) is 4.39 Å². The molecule has 0 aliphatic heterocycles. The fraction of sp³-hybridized carbons (Fsp3) is 0.357. The molecule has 114 valence electrons. The SMILES string of the molecule is CN(CCCC(=O)O)C(=O)CNC(=O)c1cccc(F)c1. The lowest BCUT2D eigenvalue weighted by atomic mass is 10.2. The first-order valence-electron chi connectivity index (χ1n) is 6.39. The first kappa shape index (κ1) is 16.6. The van der Waals surface area contributed by atoms with Gasteiger partial charge in [-0.05, 0) is 24.6 Å². The number of aliphatic carboxylic acids is 1. The zero-order valence-corrected chi connectivity index (χ0v) is 11.6. The number of amides is 2. The van der Waals surface area contributed by atoms with E-state index < -0.39 is 17.7 Å². The molecule has 0 radical (unpaired) electrons. The number of benzene rings is 1. The summed E-state index contributed by atoms with van der Waals surface area (Å²) >= 11 is 0. The number of halogens is 1. The monoisotopic (exact) mass is 296 g/mol. The van der Waals surface area contributed by atoms with Crippen molar-refractivity contribution in [1.82, 2.24) is 10.2 Å². The molecule has 1 aromatic carbocycles. The van der Waals surface area contributed by atoms with Gasteiger partial charge in [0.15, 0.2) is 0 Å². The Bertz CT molecular complexity index is 533. The fourth-order valence-electron chi connectivity index (χ4n) is 1.61. The third-order valence-electron chi connectivity index (χ3n) is 2.80. The van der Waals surface area contributed by atoms with Crippen molar-refractivity contribution >= 4 is 17.8 Å². The van der Waals surface area contributed by atoms with Crippen LogP contribution in [0.4, 0.5) is 4.39 Å². The van der Waals surface area contributed by atoms with Gasteiger partial charge in [-0.15, -0.1) is 0 Å². The largest absolute Gasteiger partial charge is 0.481 e. The molecule has 0 saturated heterocycles. The Labute approximate surface area is 121 Å². The number of carboxylic acid groups (broad SMARTS) is 1. The molecule has 0 fully saturated rings. The van der Waals surface area contributed by atoms with Crippen molar-refractivity contribution in [2.45, 2.75) is 12.8 Å². The van der Waals surface area contributed by atoms with Gasteiger partial charge in [0, 0.05) is 25.6 Å². The number of carbonyl (C=O) groups is 3. The van der Waals surface area contributed by atoms with E-state index in [1.54, 1.807) is 0 Å². The number of hydrogen-bond donors (Lipinski definition) is 2. The molecular formula is C14H17FN2O4. The number of rotatable bonds is 7. The van der Waals surface area contributed by atoms with Gasteiger partial charge >= 0.3 is 5.97 Å². The van der Waals surface area contributed by atoms with Crippen LogP contribution in [-0.4, -0.2) is 47.9 Å². The number of nitrogens with zero attached hydrogens (tertiary/aromatic N) is 1. The van der Waals surface area contributed by atoms with Crippen LogP contribution < -0.4 is 5.32 Å². The first-order chi connectivity index (χ1) is 9.90. The Kier molecular flexibility index (Phi) is 6.32. The Morgan fingerprint density at radius 3 is 2.67 bits per heavy atom. The molecule has 0 heterocycles. The Hall–Kier alpha value is -2.44. The molecule has 0 aliphatic carbocycles. The van der Waals surface area contributed by atoms with E-state index in [9.17, 15) is 18.8 Å². The molecule has 1 aromatic rings. The van der Waals surface area contributed by atoms with E-state index in [-0.39, 0.29) is 24.4 Å². The molecule has 21 heavy (non-hydrogen) atoms. The second kappa shape index (κ2) is 7.98. The number of nitrogens with one attached hydrogen (secondary N) is 1. The van der Waals surface area contributed by atoms with Crippen molar-refractivity contribution in [2.24, 2.45) is 0 Å². The van der Waals surface area contributed by atoms with Gasteiger partial charge in [0.25, 0.3) is 5.91 Å². The highest BCUT2D eigenvalue weighted by atomic mass is 19.1. The van der Waals surface area contributed by atoms with Crippen LogP contribution in [-0.2, 0) is 9.59 Å². The number of carboxylic acids is 1. The maximum absolute atomic E-state index is 13.0. The van der Waals surface area contributed by atoms with Crippen LogP contribution in [0.25, 0.3) is 0 Å². The van der Waals surface area contributed by atoms with Gasteiger partial charge in [0.1, 0.15) is 5.82 Å². The molecule has 1 rings (SSSR count). The lowest BCUT2D eigenvalue weighted by Crippen LogP contribution is -2.38. The summed E-state index contributed by atoms with van der Waals surface area (Å²) in [6.07, 6.45) is 0.322. The molecular weight excluding hydrogens is 279 g/mol. The molecule has 0 aliphatic rings. The average molecular weight is 296 g/mol. The molecule has 0 atom stereocenters. The van der Waals surface area contributed by atoms with Crippen molar-refractivity contribution in [1.29, 1.82) is 0 Å². The number of likely N-dealkylation sites (N-methyl/N-ethyl adjacent to an activating group) is 1. The second-order valence-corrected chi connectivity index (χ2v) is 4.51. The van der Waals surface area contributed by atoms with Gasteiger partial charge < -0.3 is 15.3 Å². The van der Waals surface area contributed by atoms with Crippen LogP contribution >= 0.6 is 0 Å². The molecule has 2 N–H and O–H groups in total. The van der Waals surface area contributed by atoms with E-state index in [0.717, 1.165) is 6.07 Å². The van der Waals surface area contributed by atoms with Crippen LogP contribution in [0.2, 0.25) is 0 Å². The summed E-state index contributed by atoms with van der Waals surface area (Å²) in [5.74, 6) is -2.33. The Morgan fingerprint density at radius 1 is 1.33 bits per heavy atom. The highest BCUT2D eigenvalue weighted by molar-refractivity contribution is 5.96. The molecule has 0 spiro atoms. The van der Waals surface area contributed by atoms with Gasteiger partial charge in [-0.1, -0.05) is 6.07 Å². The molecule has 0 bridgehead atoms. The van der Waals surface area contributed by atoms with Crippen molar-refractivity contribution in [3.63, 3.8) is 0 Å². The lowest BCUT2D eigenvalue weighted by molar-refractivity contribution is -0.137. The van der Waals surface area contributed by atoms with Crippen molar-refractivity contribution in [2.75, 3.05) is 20.1 Å². The summed E-state index contributed by atoms with van der Waals surface area (Å²) in [5.41, 5.74) is 0.135. The number of hydrogen-bond acceptors (Lipinski definition) is 3. The third kappa shape index (κ3) is 6.03. The van der Waals surface area contributed by atoms with Crippen LogP contribution in [0.3, 0.4) is 0 Å². The second-order valence-electron chi connectivity index (χ2n) is 4.51. The zero-order valence-electron chi connectivity index (χ0n) is 11.6. The smallest absolute Gasteiger partial charge is 0.303 e. The highest BCUT2D eigenvalue weighted by Crippen LogP contribution is 2.03. The maximum Gasteiger partial charge on any atom is 0.303 e. The lowest BCUT2D eigenvalue weighted by Gasteiger charge is -2.16. The topological polar surface area (TPSA) is 86.7 Å². The van der Waals surface area contributed by atoms with Gasteiger partial charge in [-0.2, -0.15) is 0 Å². The summed E-state index contributed by atoms with van der Waals surface area (Å²) in [6.45, 7) is 0.0693. The van der Waals surface area contributed by atoms with Crippen molar-refractivity contribution < 1.29 is 23.9 Å². The average Bonchev–Trinajstić information content (AvgIpc) is 2.43. The minimum Gasteiger partial charge on any atom is -0.481 e. The van der Waals surface area contributed by atoms with E-state index in [1.807, 2.05) is 0 Å². The molecule has 2 amide bonds. The van der Waals surface area contributed by atoms with Crippen molar-refractivity contribution in [3.8, 4) is 0 Å². The first-order valence-corrected chi connectivity index (χ1v) is 6.39. The maximum atomic E-state index is 13.0. The minimum absolute atomic E-state index is 0.0206. The van der Waals surface area contributed by atoms with E-state index in [1.165, 1.54) is 30.1 Å². The predicted octanol–water partition coefficient (Wildman–Crippen LogP) is 0.879. The Morgan fingerprint density at radius 2 is 2.05 bits per heavy atom. The van der Waals surface area contributed by atoms with E-state index in [4.69, 9.17) is 5.11 Å². The standard InChI is InChI=1S/C14H17FN2O4/c1-17(7-3-6-13(19)20)12(18)9-16-14(21)10-4-2-5-11(15)8-10/h2,4-5,8H,3,6-7,9H2,1H3,(H,16,21)(H,19,20). The summed E-state index contributed by atoms with van der Waals surface area (Å²) in [6, 6.07) is 5.15. The van der Waals surface area contributed by atoms with Gasteiger partial charge in [-0.3, -0.25) is 14.4 Å². The normalized spacial score (nSPS) is 10.0. The van der Waals surface area contributed by atoms with Gasteiger partial charge in [0.2, 0.25) is 5.91 Å². The number of carbonyl (C=O) groups excluding carboxylic acids is 2. The highest BCUT2D eigenvalue weighted by Gasteiger charge is 2.12. The fourth-order valence-corrected chi connectivity index (χ4v) is 1.61. The third-order valence-corrected chi connectivity index (χ3v) is 2.80. The summed E-state index contributed by atoms with van der Waals surface area (Å²) in [4.78, 5) is 35.1. The van der Waals surface area contributed by atoms with E-state index in [0.29, 0.717) is 13.0 Å². The van der Waals surface area contributed by atoms with Crippen molar-refractivity contribution in [3.05, 3.63) is 35.6 Å². The molecule has 6 nitrogen and oxygen atoms in total. The van der Waals surface area contributed by atoms with E-state index >= 15 is 0 Å². The minimum atomic E-state index is -0.921. The van der Waals surface area contributed by atoms with E-state index in [2.05, 4.69) is 5.32 Å². The van der Waals surface area contributed by atoms with Crippen LogP contribution in [0.15, 0.2) is 24.3 Å². The van der Waals surface area contributed by atoms with Crippen LogP contribution in [0, 0.1) is 5.82 Å². The summed E-state index contributed by atoms with van der Waals surface area (Å²) < 4.78 is 13.0. The Balaban J connectivity index is 2.38. The quantitative estimate of drug-likeness (QED) is 0.782. The molecule has 0 unspecified atom stereocenters. The van der Waals surface area contributed by atoms with Crippen LogP contribution in [0.1, 0.15) is 23.2 Å². The van der Waals surface area contributed by atoms with Crippen LogP contribution in [0.5, 0.6) is 0 Å². The predicted molar refractivity (Wildman–Crippen MR) is 73.2 cm³/mol. The molecule has 0 aromatic heterocycles.